The molecule has 0 bridgehead atoms. The van der Waals surface area contributed by atoms with Crippen molar-refractivity contribution in [1.82, 2.24) is 5.32 Å². The summed E-state index contributed by atoms with van der Waals surface area (Å²) in [6.45, 7) is 2.49. The summed E-state index contributed by atoms with van der Waals surface area (Å²) >= 11 is 1.83. The highest BCUT2D eigenvalue weighted by atomic mass is 32.2. The number of fused-ring (bicyclic) bond motifs is 1. The molecule has 0 spiro atoms. The molecule has 0 aromatic heterocycles. The van der Waals surface area contributed by atoms with Gasteiger partial charge in [-0.1, -0.05) is 42.5 Å². The maximum absolute atomic E-state index is 12.3. The molecule has 1 aliphatic rings. The number of benzene rings is 2. The second-order valence-corrected chi connectivity index (χ2v) is 7.80. The molecule has 4 heteroatoms. The Morgan fingerprint density at radius 3 is 2.77 bits per heavy atom. The summed E-state index contributed by atoms with van der Waals surface area (Å²) in [5, 5.41) is 2.98. The van der Waals surface area contributed by atoms with Gasteiger partial charge in [-0.2, -0.15) is 11.8 Å². The predicted octanol–water partition coefficient (Wildman–Crippen LogP) is 4.38. The molecule has 3 nitrogen and oxygen atoms in total. The number of carbonyl (C=O) groups excluding carboxylic acids is 1. The van der Waals surface area contributed by atoms with E-state index in [4.69, 9.17) is 4.74 Å². The molecule has 0 unspecified atom stereocenters. The third kappa shape index (κ3) is 5.28. The van der Waals surface area contributed by atoms with Gasteiger partial charge in [-0.25, -0.2) is 0 Å². The van der Waals surface area contributed by atoms with E-state index in [1.165, 1.54) is 29.5 Å². The first kappa shape index (κ1) is 18.8. The topological polar surface area (TPSA) is 38.3 Å². The van der Waals surface area contributed by atoms with Crippen LogP contribution in [-0.4, -0.2) is 24.3 Å². The Morgan fingerprint density at radius 2 is 1.92 bits per heavy atom. The second-order valence-electron chi connectivity index (χ2n) is 6.69. The van der Waals surface area contributed by atoms with Crippen LogP contribution in [0.15, 0.2) is 48.5 Å². The highest BCUT2D eigenvalue weighted by molar-refractivity contribution is 7.98. The van der Waals surface area contributed by atoms with Gasteiger partial charge >= 0.3 is 0 Å². The van der Waals surface area contributed by atoms with Crippen LogP contribution in [0.4, 0.5) is 0 Å². The first-order valence-corrected chi connectivity index (χ1v) is 10.6. The minimum absolute atomic E-state index is 0.0428. The molecule has 3 rings (SSSR count). The summed E-state index contributed by atoms with van der Waals surface area (Å²) < 4.78 is 5.98. The van der Waals surface area contributed by atoms with E-state index in [2.05, 4.69) is 35.6 Å². The zero-order valence-corrected chi connectivity index (χ0v) is 16.2. The minimum atomic E-state index is -0.470. The zero-order chi connectivity index (χ0) is 18.2. The lowest BCUT2D eigenvalue weighted by Crippen LogP contribution is -2.37. The smallest absolute Gasteiger partial charge is 0.260 e. The van der Waals surface area contributed by atoms with Crippen LogP contribution >= 0.6 is 11.8 Å². The van der Waals surface area contributed by atoms with Gasteiger partial charge in [0.05, 0.1) is 0 Å². The van der Waals surface area contributed by atoms with Crippen molar-refractivity contribution < 1.29 is 9.53 Å². The third-order valence-electron chi connectivity index (χ3n) is 4.68. The van der Waals surface area contributed by atoms with Crippen LogP contribution in [0, 0.1) is 0 Å². The molecular formula is C22H27NO2S. The maximum Gasteiger partial charge on any atom is 0.260 e. The van der Waals surface area contributed by atoms with Gasteiger partial charge in [-0.3, -0.25) is 4.79 Å². The van der Waals surface area contributed by atoms with E-state index in [1.54, 1.807) is 0 Å². The summed E-state index contributed by atoms with van der Waals surface area (Å²) in [5.41, 5.74) is 3.98. The summed E-state index contributed by atoms with van der Waals surface area (Å²) in [6, 6.07) is 16.6. The molecule has 0 aliphatic heterocycles. The Bertz CT molecular complexity index is 717. The number of rotatable bonds is 8. The van der Waals surface area contributed by atoms with Gasteiger partial charge in [-0.15, -0.1) is 0 Å². The lowest BCUT2D eigenvalue weighted by Gasteiger charge is -2.22. The Hall–Kier alpha value is -1.94. The minimum Gasteiger partial charge on any atom is -0.481 e. The zero-order valence-electron chi connectivity index (χ0n) is 15.4. The average molecular weight is 370 g/mol. The number of amides is 1. The van der Waals surface area contributed by atoms with Crippen LogP contribution in [-0.2, 0) is 23.4 Å². The number of hydrogen-bond acceptors (Lipinski definition) is 3. The number of thioether (sulfide) groups is 1. The fraction of sp³-hybridized carbons (Fsp3) is 0.409. The SMILES string of the molecule is C[C@@H](Oc1cccc2c1CCCC2)C(=O)NCCSCc1ccccc1. The van der Waals surface area contributed by atoms with E-state index in [1.807, 2.05) is 36.9 Å². The van der Waals surface area contributed by atoms with E-state index in [0.29, 0.717) is 6.54 Å². The monoisotopic (exact) mass is 369 g/mol. The number of hydrogen-bond donors (Lipinski definition) is 1. The molecule has 2 aromatic rings. The Morgan fingerprint density at radius 1 is 1.12 bits per heavy atom. The highest BCUT2D eigenvalue weighted by Gasteiger charge is 2.19. The molecule has 1 aliphatic carbocycles. The normalized spacial score (nSPS) is 14.3. The van der Waals surface area contributed by atoms with E-state index >= 15 is 0 Å². The molecule has 1 amide bonds. The molecular weight excluding hydrogens is 342 g/mol. The fourth-order valence-corrected chi connectivity index (χ4v) is 4.07. The first-order chi connectivity index (χ1) is 12.7. The quantitative estimate of drug-likeness (QED) is 0.702. The summed E-state index contributed by atoms with van der Waals surface area (Å²) in [5.74, 6) is 2.70. The van der Waals surface area contributed by atoms with E-state index in [-0.39, 0.29) is 5.91 Å². The van der Waals surface area contributed by atoms with Crippen molar-refractivity contribution in [2.24, 2.45) is 0 Å². The summed E-state index contributed by atoms with van der Waals surface area (Å²) in [4.78, 5) is 12.3. The van der Waals surface area contributed by atoms with Gasteiger partial charge < -0.3 is 10.1 Å². The van der Waals surface area contributed by atoms with Crippen molar-refractivity contribution in [3.63, 3.8) is 0 Å². The molecule has 0 heterocycles. The number of ether oxygens (including phenoxy) is 1. The van der Waals surface area contributed by atoms with Crippen molar-refractivity contribution in [3.05, 3.63) is 65.2 Å². The number of nitrogens with one attached hydrogen (secondary N) is 1. The van der Waals surface area contributed by atoms with Crippen molar-refractivity contribution in [3.8, 4) is 5.75 Å². The van der Waals surface area contributed by atoms with Gasteiger partial charge in [0, 0.05) is 18.1 Å². The van der Waals surface area contributed by atoms with Crippen LogP contribution in [0.25, 0.3) is 0 Å². The molecule has 0 saturated carbocycles. The van der Waals surface area contributed by atoms with E-state index < -0.39 is 6.10 Å². The molecule has 0 fully saturated rings. The molecule has 2 aromatic carbocycles. The van der Waals surface area contributed by atoms with Crippen molar-refractivity contribution in [2.45, 2.75) is 44.5 Å². The van der Waals surface area contributed by atoms with E-state index in [0.717, 1.165) is 30.1 Å². The Kier molecular flexibility index (Phi) is 7.01. The second kappa shape index (κ2) is 9.67. The van der Waals surface area contributed by atoms with Gasteiger partial charge in [0.1, 0.15) is 5.75 Å². The van der Waals surface area contributed by atoms with Crippen LogP contribution in [0.2, 0.25) is 0 Å². The van der Waals surface area contributed by atoms with E-state index in [9.17, 15) is 4.79 Å². The van der Waals surface area contributed by atoms with Crippen LogP contribution in [0.1, 0.15) is 36.5 Å². The van der Waals surface area contributed by atoms with Gasteiger partial charge in [0.2, 0.25) is 0 Å². The number of carbonyl (C=O) groups is 1. The highest BCUT2D eigenvalue weighted by Crippen LogP contribution is 2.30. The lowest BCUT2D eigenvalue weighted by molar-refractivity contribution is -0.127. The Balaban J connectivity index is 1.41. The first-order valence-electron chi connectivity index (χ1n) is 9.41. The predicted molar refractivity (Wildman–Crippen MR) is 109 cm³/mol. The third-order valence-corrected chi connectivity index (χ3v) is 5.71. The van der Waals surface area contributed by atoms with Crippen molar-refractivity contribution in [1.29, 1.82) is 0 Å². The average Bonchev–Trinajstić information content (AvgIpc) is 2.68. The molecule has 1 N–H and O–H groups in total. The van der Waals surface area contributed by atoms with Crippen LogP contribution in [0.3, 0.4) is 0 Å². The largest absolute Gasteiger partial charge is 0.481 e. The lowest BCUT2D eigenvalue weighted by atomic mass is 9.91. The Labute approximate surface area is 160 Å². The molecule has 0 saturated heterocycles. The van der Waals surface area contributed by atoms with Gasteiger partial charge in [-0.05, 0) is 55.4 Å². The standard InChI is InChI=1S/C22H27NO2S/c1-17(25-21-13-7-11-19-10-5-6-12-20(19)21)22(24)23-14-15-26-16-18-8-3-2-4-9-18/h2-4,7-9,11,13,17H,5-6,10,12,14-16H2,1H3,(H,23,24)/t17-/m1/s1. The van der Waals surface area contributed by atoms with Gasteiger partial charge in [0.25, 0.3) is 5.91 Å². The van der Waals surface area contributed by atoms with Crippen LogP contribution < -0.4 is 10.1 Å². The summed E-state index contributed by atoms with van der Waals surface area (Å²) in [7, 11) is 0. The fourth-order valence-electron chi connectivity index (χ4n) is 3.26. The van der Waals surface area contributed by atoms with Gasteiger partial charge in [0.15, 0.2) is 6.10 Å². The molecule has 138 valence electrons. The summed E-state index contributed by atoms with van der Waals surface area (Å²) in [6.07, 6.45) is 4.14. The molecule has 1 atom stereocenters. The molecule has 0 radical (unpaired) electrons. The van der Waals surface area contributed by atoms with Crippen molar-refractivity contribution >= 4 is 17.7 Å². The van der Waals surface area contributed by atoms with Crippen LogP contribution in [0.5, 0.6) is 5.75 Å². The number of aryl methyl sites for hydroxylation is 1. The van der Waals surface area contributed by atoms with Crippen molar-refractivity contribution in [2.75, 3.05) is 12.3 Å². The molecule has 26 heavy (non-hydrogen) atoms. The maximum atomic E-state index is 12.3.